The van der Waals surface area contributed by atoms with E-state index in [1.54, 1.807) is 24.9 Å². The number of hydrogen-bond donors (Lipinski definition) is 1. The van der Waals surface area contributed by atoms with Crippen molar-refractivity contribution in [3.63, 3.8) is 0 Å². The monoisotopic (exact) mass is 305 g/mol. The van der Waals surface area contributed by atoms with Gasteiger partial charge in [-0.3, -0.25) is 0 Å². The third kappa shape index (κ3) is 5.75. The Kier molecular flexibility index (Phi) is 6.89. The van der Waals surface area contributed by atoms with Gasteiger partial charge in [-0.05, 0) is 42.8 Å². The minimum Gasteiger partial charge on any atom is -0.312 e. The first-order chi connectivity index (χ1) is 9.34. The van der Waals surface area contributed by atoms with Gasteiger partial charge in [0.05, 0.1) is 5.56 Å². The summed E-state index contributed by atoms with van der Waals surface area (Å²) in [6, 6.07) is 5.53. The molecule has 1 atom stereocenters. The molecule has 0 aliphatic carbocycles. The fraction of sp³-hybridized carbons (Fsp3) is 0.600. The molecule has 1 nitrogen and oxygen atoms in total. The number of nitrogens with one attached hydrogen (secondary N) is 1. The standard InChI is InChI=1S/C15H22F3NS/c1-11(2)7-8-20-10-14(19-3)12-5-4-6-13(9-12)15(16,17)18/h4-6,9,11,14,19H,7-8,10H2,1-3H3. The second-order valence-corrected chi connectivity index (χ2v) is 6.37. The Balaban J connectivity index is 2.65. The molecule has 1 N–H and O–H groups in total. The Hall–Kier alpha value is -0.680. The van der Waals surface area contributed by atoms with E-state index < -0.39 is 11.7 Å². The minimum absolute atomic E-state index is 0.0468. The van der Waals surface area contributed by atoms with Crippen LogP contribution in [-0.2, 0) is 6.18 Å². The van der Waals surface area contributed by atoms with Gasteiger partial charge < -0.3 is 5.32 Å². The lowest BCUT2D eigenvalue weighted by Crippen LogP contribution is -2.19. The number of hydrogen-bond acceptors (Lipinski definition) is 2. The lowest BCUT2D eigenvalue weighted by atomic mass is 10.1. The van der Waals surface area contributed by atoms with Gasteiger partial charge in [-0.1, -0.05) is 26.0 Å². The van der Waals surface area contributed by atoms with Gasteiger partial charge in [0, 0.05) is 11.8 Å². The van der Waals surface area contributed by atoms with Crippen LogP contribution in [0.3, 0.4) is 0 Å². The molecule has 1 unspecified atom stereocenters. The summed E-state index contributed by atoms with van der Waals surface area (Å²) >= 11 is 1.78. The first-order valence-electron chi connectivity index (χ1n) is 6.76. The van der Waals surface area contributed by atoms with Crippen LogP contribution in [-0.4, -0.2) is 18.6 Å². The van der Waals surface area contributed by atoms with E-state index in [9.17, 15) is 13.2 Å². The van der Waals surface area contributed by atoms with Gasteiger partial charge in [-0.2, -0.15) is 24.9 Å². The van der Waals surface area contributed by atoms with Crippen molar-refractivity contribution in [2.24, 2.45) is 5.92 Å². The van der Waals surface area contributed by atoms with Crippen molar-refractivity contribution < 1.29 is 13.2 Å². The highest BCUT2D eigenvalue weighted by molar-refractivity contribution is 7.99. The molecule has 0 saturated heterocycles. The molecule has 0 fully saturated rings. The van der Waals surface area contributed by atoms with E-state index in [1.807, 2.05) is 0 Å². The Morgan fingerprint density at radius 2 is 1.95 bits per heavy atom. The van der Waals surface area contributed by atoms with Crippen molar-refractivity contribution in [2.45, 2.75) is 32.5 Å². The molecule has 114 valence electrons. The summed E-state index contributed by atoms with van der Waals surface area (Å²) < 4.78 is 38.1. The highest BCUT2D eigenvalue weighted by atomic mass is 32.2. The Bertz CT molecular complexity index is 404. The molecule has 0 radical (unpaired) electrons. The predicted octanol–water partition coefficient (Wildman–Crippen LogP) is 4.75. The molecule has 1 aromatic carbocycles. The molecule has 0 bridgehead atoms. The van der Waals surface area contributed by atoms with Gasteiger partial charge in [0.2, 0.25) is 0 Å². The first-order valence-corrected chi connectivity index (χ1v) is 7.92. The van der Waals surface area contributed by atoms with Crippen LogP contribution in [0.4, 0.5) is 13.2 Å². The molecule has 0 aliphatic heterocycles. The largest absolute Gasteiger partial charge is 0.416 e. The fourth-order valence-electron chi connectivity index (χ4n) is 1.80. The normalized spacial score (nSPS) is 13.8. The number of alkyl halides is 3. The third-order valence-corrected chi connectivity index (χ3v) is 4.18. The molecule has 5 heteroatoms. The molecule has 0 aliphatic rings. The first kappa shape index (κ1) is 17.4. The maximum atomic E-state index is 12.7. The van der Waals surface area contributed by atoms with Crippen molar-refractivity contribution >= 4 is 11.8 Å². The zero-order chi connectivity index (χ0) is 15.2. The summed E-state index contributed by atoms with van der Waals surface area (Å²) in [6.07, 6.45) is -3.15. The minimum atomic E-state index is -4.28. The average Bonchev–Trinajstić information content (AvgIpc) is 2.38. The second-order valence-electron chi connectivity index (χ2n) is 5.22. The number of rotatable bonds is 7. The topological polar surface area (TPSA) is 12.0 Å². The Labute approximate surface area is 123 Å². The summed E-state index contributed by atoms with van der Waals surface area (Å²) in [4.78, 5) is 0. The zero-order valence-electron chi connectivity index (χ0n) is 12.1. The molecule has 20 heavy (non-hydrogen) atoms. The Morgan fingerprint density at radius 1 is 1.25 bits per heavy atom. The Morgan fingerprint density at radius 3 is 2.50 bits per heavy atom. The van der Waals surface area contributed by atoms with Crippen LogP contribution >= 0.6 is 11.8 Å². The maximum Gasteiger partial charge on any atom is 0.416 e. The van der Waals surface area contributed by atoms with E-state index in [-0.39, 0.29) is 6.04 Å². The molecule has 1 rings (SSSR count). The summed E-state index contributed by atoms with van der Waals surface area (Å²) in [7, 11) is 1.79. The van der Waals surface area contributed by atoms with Crippen LogP contribution < -0.4 is 5.32 Å². The van der Waals surface area contributed by atoms with E-state index in [4.69, 9.17) is 0 Å². The van der Waals surface area contributed by atoms with Crippen LogP contribution in [0, 0.1) is 5.92 Å². The van der Waals surface area contributed by atoms with Gasteiger partial charge in [0.15, 0.2) is 0 Å². The van der Waals surface area contributed by atoms with Gasteiger partial charge >= 0.3 is 6.18 Å². The quantitative estimate of drug-likeness (QED) is 0.730. The van der Waals surface area contributed by atoms with Crippen LogP contribution in [0.25, 0.3) is 0 Å². The molecule has 0 spiro atoms. The zero-order valence-corrected chi connectivity index (χ0v) is 12.9. The van der Waals surface area contributed by atoms with E-state index in [0.717, 1.165) is 24.0 Å². The van der Waals surface area contributed by atoms with E-state index in [1.165, 1.54) is 12.1 Å². The number of halogens is 3. The third-order valence-electron chi connectivity index (χ3n) is 3.09. The average molecular weight is 305 g/mol. The molecule has 1 aromatic rings. The number of thioether (sulfide) groups is 1. The van der Waals surface area contributed by atoms with Crippen molar-refractivity contribution in [3.8, 4) is 0 Å². The molecule has 0 heterocycles. The fourth-order valence-corrected chi connectivity index (χ4v) is 3.20. The summed E-state index contributed by atoms with van der Waals surface area (Å²) in [5.41, 5.74) is 0.113. The summed E-state index contributed by atoms with van der Waals surface area (Å²) in [5.74, 6) is 2.48. The van der Waals surface area contributed by atoms with Gasteiger partial charge in [-0.25, -0.2) is 0 Å². The summed E-state index contributed by atoms with van der Waals surface area (Å²) in [5, 5.41) is 3.10. The van der Waals surface area contributed by atoms with Gasteiger partial charge in [0.1, 0.15) is 0 Å². The van der Waals surface area contributed by atoms with Crippen LogP contribution in [0.2, 0.25) is 0 Å². The lowest BCUT2D eigenvalue weighted by molar-refractivity contribution is -0.137. The van der Waals surface area contributed by atoms with Gasteiger partial charge in [0.25, 0.3) is 0 Å². The van der Waals surface area contributed by atoms with Crippen molar-refractivity contribution in [2.75, 3.05) is 18.6 Å². The van der Waals surface area contributed by atoms with Crippen molar-refractivity contribution in [1.29, 1.82) is 0 Å². The predicted molar refractivity (Wildman–Crippen MR) is 80.0 cm³/mol. The highest BCUT2D eigenvalue weighted by Crippen LogP contribution is 2.31. The molecule has 0 amide bonds. The van der Waals surface area contributed by atoms with Gasteiger partial charge in [-0.15, -0.1) is 0 Å². The van der Waals surface area contributed by atoms with E-state index in [0.29, 0.717) is 11.5 Å². The van der Waals surface area contributed by atoms with Crippen molar-refractivity contribution in [3.05, 3.63) is 35.4 Å². The maximum absolute atomic E-state index is 12.7. The van der Waals surface area contributed by atoms with E-state index in [2.05, 4.69) is 19.2 Å². The SMILES string of the molecule is CNC(CSCCC(C)C)c1cccc(C(F)(F)F)c1. The second kappa shape index (κ2) is 7.93. The highest BCUT2D eigenvalue weighted by Gasteiger charge is 2.30. The lowest BCUT2D eigenvalue weighted by Gasteiger charge is -2.18. The van der Waals surface area contributed by atoms with Crippen LogP contribution in [0.5, 0.6) is 0 Å². The van der Waals surface area contributed by atoms with Crippen LogP contribution in [0.1, 0.15) is 37.4 Å². The molecule has 0 aromatic heterocycles. The molecular weight excluding hydrogens is 283 g/mol. The molecular formula is C15H22F3NS. The summed E-state index contributed by atoms with van der Waals surface area (Å²) in [6.45, 7) is 4.34. The smallest absolute Gasteiger partial charge is 0.312 e. The van der Waals surface area contributed by atoms with Crippen LogP contribution in [0.15, 0.2) is 24.3 Å². The molecule has 0 saturated carbocycles. The van der Waals surface area contributed by atoms with E-state index >= 15 is 0 Å². The number of benzene rings is 1. The van der Waals surface area contributed by atoms with Crippen molar-refractivity contribution in [1.82, 2.24) is 5.32 Å².